The van der Waals surface area contributed by atoms with Crippen LogP contribution in [0.15, 0.2) is 18.2 Å². The van der Waals surface area contributed by atoms with Crippen molar-refractivity contribution in [1.29, 1.82) is 0 Å². The molecule has 2 heterocycles. The largest absolute Gasteiger partial charge is 0.493 e. The Morgan fingerprint density at radius 1 is 1.22 bits per heavy atom. The average Bonchev–Trinajstić information content (AvgIpc) is 2.67. The number of aliphatic hydroxyl groups is 1. The maximum atomic E-state index is 10.4. The molecule has 0 aromatic heterocycles. The summed E-state index contributed by atoms with van der Waals surface area (Å²) < 4.78 is 16.6. The summed E-state index contributed by atoms with van der Waals surface area (Å²) >= 11 is 1.87. The fourth-order valence-corrected chi connectivity index (χ4v) is 4.27. The second-order valence-electron chi connectivity index (χ2n) is 6.61. The fraction of sp³-hybridized carbons (Fsp3) is 0.600. The molecule has 0 radical (unpaired) electrons. The van der Waals surface area contributed by atoms with Crippen LogP contribution in [0.4, 0.5) is 0 Å². The molecule has 7 heteroatoms. The quantitative estimate of drug-likeness (QED) is 0.749. The number of rotatable bonds is 5. The van der Waals surface area contributed by atoms with Gasteiger partial charge in [-0.2, -0.15) is 11.8 Å². The van der Waals surface area contributed by atoms with Gasteiger partial charge < -0.3 is 19.3 Å². The smallest absolute Gasteiger partial charge is 0.162 e. The van der Waals surface area contributed by atoms with E-state index >= 15 is 0 Å². The molecule has 5 nitrogen and oxygen atoms in total. The van der Waals surface area contributed by atoms with Gasteiger partial charge in [0.1, 0.15) is 12.2 Å². The molecule has 27 heavy (non-hydrogen) atoms. The molecular formula is C20H28ClNO4S. The summed E-state index contributed by atoms with van der Waals surface area (Å²) in [5.74, 6) is 9.29. The zero-order valence-electron chi connectivity index (χ0n) is 15.7. The molecule has 2 aliphatic rings. The van der Waals surface area contributed by atoms with Gasteiger partial charge in [-0.1, -0.05) is 17.9 Å². The number of nitrogens with zero attached hydrogens (tertiary/aromatic N) is 1. The third kappa shape index (κ3) is 6.78. The van der Waals surface area contributed by atoms with Gasteiger partial charge in [0.05, 0.1) is 20.3 Å². The van der Waals surface area contributed by atoms with Gasteiger partial charge in [0.2, 0.25) is 0 Å². The highest BCUT2D eigenvalue weighted by molar-refractivity contribution is 7.99. The molecule has 150 valence electrons. The Morgan fingerprint density at radius 2 is 1.96 bits per heavy atom. The monoisotopic (exact) mass is 413 g/mol. The number of ether oxygens (including phenoxy) is 3. The molecule has 2 aliphatic heterocycles. The van der Waals surface area contributed by atoms with Crippen molar-refractivity contribution in [3.05, 3.63) is 23.8 Å². The Balaban J connectivity index is 0.00000261. The molecule has 0 amide bonds. The molecule has 0 unspecified atom stereocenters. The van der Waals surface area contributed by atoms with Crippen molar-refractivity contribution < 1.29 is 19.3 Å². The first-order valence-corrected chi connectivity index (χ1v) is 10.2. The van der Waals surface area contributed by atoms with Crippen LogP contribution in [-0.4, -0.2) is 67.1 Å². The number of methoxy groups -OCH3 is 1. The molecule has 1 N–H and O–H groups in total. The van der Waals surface area contributed by atoms with Crippen molar-refractivity contribution >= 4 is 24.2 Å². The van der Waals surface area contributed by atoms with Gasteiger partial charge in [-0.3, -0.25) is 4.90 Å². The van der Waals surface area contributed by atoms with Gasteiger partial charge in [0, 0.05) is 19.6 Å². The van der Waals surface area contributed by atoms with Crippen molar-refractivity contribution in [1.82, 2.24) is 4.90 Å². The van der Waals surface area contributed by atoms with Gasteiger partial charge >= 0.3 is 0 Å². The molecule has 0 bridgehead atoms. The lowest BCUT2D eigenvalue weighted by Crippen LogP contribution is -2.35. The van der Waals surface area contributed by atoms with E-state index in [1.807, 2.05) is 23.9 Å². The van der Waals surface area contributed by atoms with Crippen molar-refractivity contribution in [2.75, 3.05) is 51.5 Å². The Bertz CT molecular complexity index is 649. The molecule has 0 atom stereocenters. The Morgan fingerprint density at radius 3 is 2.67 bits per heavy atom. The third-order valence-corrected chi connectivity index (χ3v) is 5.66. The topological polar surface area (TPSA) is 51.2 Å². The van der Waals surface area contributed by atoms with E-state index in [1.165, 1.54) is 5.56 Å². The van der Waals surface area contributed by atoms with E-state index < -0.39 is 5.60 Å². The zero-order chi connectivity index (χ0) is 18.2. The first-order chi connectivity index (χ1) is 12.7. The van der Waals surface area contributed by atoms with Gasteiger partial charge in [-0.25, -0.2) is 0 Å². The molecule has 1 aromatic rings. The number of benzene rings is 1. The van der Waals surface area contributed by atoms with Crippen LogP contribution in [-0.2, 0) is 11.3 Å². The molecule has 0 saturated carbocycles. The second kappa shape index (κ2) is 11.0. The SMILES string of the molecule is COc1ccc(CN2CCOCC2)cc1OCC#CC1(O)CCSCC1.Cl. The number of hydrogen-bond acceptors (Lipinski definition) is 6. The summed E-state index contributed by atoms with van der Waals surface area (Å²) in [5.41, 5.74) is 0.329. The lowest BCUT2D eigenvalue weighted by Gasteiger charge is -2.26. The van der Waals surface area contributed by atoms with Gasteiger partial charge in [-0.15, -0.1) is 12.4 Å². The van der Waals surface area contributed by atoms with Crippen LogP contribution in [0, 0.1) is 11.8 Å². The maximum absolute atomic E-state index is 10.4. The van der Waals surface area contributed by atoms with E-state index in [0.29, 0.717) is 11.5 Å². The molecule has 3 rings (SSSR count). The van der Waals surface area contributed by atoms with E-state index in [2.05, 4.69) is 22.8 Å². The van der Waals surface area contributed by atoms with Crippen molar-refractivity contribution in [3.63, 3.8) is 0 Å². The molecule has 2 saturated heterocycles. The lowest BCUT2D eigenvalue weighted by atomic mass is 9.98. The molecule has 0 aliphatic carbocycles. The van der Waals surface area contributed by atoms with E-state index in [4.69, 9.17) is 14.2 Å². The number of thioether (sulfide) groups is 1. The predicted molar refractivity (Wildman–Crippen MR) is 111 cm³/mol. The van der Waals surface area contributed by atoms with Crippen LogP contribution < -0.4 is 9.47 Å². The second-order valence-corrected chi connectivity index (χ2v) is 7.83. The molecule has 0 spiro atoms. The van der Waals surface area contributed by atoms with Gasteiger partial charge in [-0.05, 0) is 42.0 Å². The summed E-state index contributed by atoms with van der Waals surface area (Å²) in [6.45, 7) is 4.59. The molecule has 2 fully saturated rings. The van der Waals surface area contributed by atoms with E-state index in [0.717, 1.165) is 57.2 Å². The van der Waals surface area contributed by atoms with Crippen molar-refractivity contribution in [2.45, 2.75) is 25.0 Å². The van der Waals surface area contributed by atoms with Crippen molar-refractivity contribution in [3.8, 4) is 23.3 Å². The minimum atomic E-state index is -0.850. The number of hydrogen-bond donors (Lipinski definition) is 1. The first-order valence-electron chi connectivity index (χ1n) is 9.08. The summed E-state index contributed by atoms with van der Waals surface area (Å²) in [7, 11) is 1.64. The van der Waals surface area contributed by atoms with Crippen LogP contribution in [0.3, 0.4) is 0 Å². The van der Waals surface area contributed by atoms with Crippen LogP contribution >= 0.6 is 24.2 Å². The average molecular weight is 414 g/mol. The lowest BCUT2D eigenvalue weighted by molar-refractivity contribution is 0.0341. The van der Waals surface area contributed by atoms with Crippen LogP contribution in [0.5, 0.6) is 11.5 Å². The van der Waals surface area contributed by atoms with E-state index in [-0.39, 0.29) is 19.0 Å². The van der Waals surface area contributed by atoms with Crippen molar-refractivity contribution in [2.24, 2.45) is 0 Å². The Hall–Kier alpha value is -1.10. The highest BCUT2D eigenvalue weighted by Crippen LogP contribution is 2.29. The summed E-state index contributed by atoms with van der Waals surface area (Å²) in [4.78, 5) is 2.37. The Kier molecular flexibility index (Phi) is 9.07. The molecule has 1 aromatic carbocycles. The standard InChI is InChI=1S/C20H27NO4S.ClH/c1-23-18-4-3-17(16-21-8-11-24-12-9-21)15-19(18)25-10-2-5-20(22)6-13-26-14-7-20;/h3-4,15,22H,6-14,16H2,1H3;1H. The van der Waals surface area contributed by atoms with Gasteiger partial charge in [0.15, 0.2) is 11.5 Å². The first kappa shape index (κ1) is 22.2. The van der Waals surface area contributed by atoms with Crippen LogP contribution in [0.1, 0.15) is 18.4 Å². The van der Waals surface area contributed by atoms with Crippen LogP contribution in [0.2, 0.25) is 0 Å². The number of morpholine rings is 1. The van der Waals surface area contributed by atoms with Gasteiger partial charge in [0.25, 0.3) is 0 Å². The third-order valence-electron chi connectivity index (χ3n) is 4.68. The summed E-state index contributed by atoms with van der Waals surface area (Å²) in [6.07, 6.45) is 1.45. The fourth-order valence-electron chi connectivity index (χ4n) is 3.10. The Labute approximate surface area is 172 Å². The van der Waals surface area contributed by atoms with E-state index in [1.54, 1.807) is 7.11 Å². The van der Waals surface area contributed by atoms with E-state index in [9.17, 15) is 5.11 Å². The maximum Gasteiger partial charge on any atom is 0.162 e. The highest BCUT2D eigenvalue weighted by atomic mass is 35.5. The molecular weight excluding hydrogens is 386 g/mol. The minimum Gasteiger partial charge on any atom is -0.493 e. The highest BCUT2D eigenvalue weighted by Gasteiger charge is 2.26. The summed E-state index contributed by atoms with van der Waals surface area (Å²) in [5, 5.41) is 10.4. The normalized spacial score (nSPS) is 19.3. The predicted octanol–water partition coefficient (Wildman–Crippen LogP) is 2.59. The zero-order valence-corrected chi connectivity index (χ0v) is 17.4. The number of halogens is 1. The van der Waals surface area contributed by atoms with Crippen LogP contribution in [0.25, 0.3) is 0 Å². The summed E-state index contributed by atoms with van der Waals surface area (Å²) in [6, 6.07) is 6.02. The minimum absolute atomic E-state index is 0.